The van der Waals surface area contributed by atoms with Gasteiger partial charge in [-0.15, -0.1) is 0 Å². The molecule has 4 nitrogen and oxygen atoms in total. The minimum absolute atomic E-state index is 0.226. The molecule has 0 unspecified atom stereocenters. The van der Waals surface area contributed by atoms with Crippen LogP contribution < -0.4 is 4.74 Å². The molecule has 0 saturated carbocycles. The summed E-state index contributed by atoms with van der Waals surface area (Å²) in [6.07, 6.45) is 0.614. The van der Waals surface area contributed by atoms with Crippen molar-refractivity contribution in [3.05, 3.63) is 65.7 Å². The van der Waals surface area contributed by atoms with Gasteiger partial charge in [-0.1, -0.05) is 24.3 Å². The molecule has 0 fully saturated rings. The van der Waals surface area contributed by atoms with Crippen molar-refractivity contribution in [2.75, 3.05) is 13.2 Å². The molecule has 3 aromatic carbocycles. The number of aromatic hydroxyl groups is 2. The van der Waals surface area contributed by atoms with E-state index in [0.717, 1.165) is 34.2 Å². The second-order valence-corrected chi connectivity index (χ2v) is 8.06. The number of phenolic OH excluding ortho intramolecular Hbond substituents is 2. The van der Waals surface area contributed by atoms with Crippen LogP contribution in [-0.2, 0) is 6.42 Å². The van der Waals surface area contributed by atoms with E-state index in [1.54, 1.807) is 18.2 Å². The zero-order valence-corrected chi connectivity index (χ0v) is 17.7. The second-order valence-electron chi connectivity index (χ2n) is 8.06. The van der Waals surface area contributed by atoms with Gasteiger partial charge in [0.2, 0.25) is 0 Å². The second kappa shape index (κ2) is 9.19. The van der Waals surface area contributed by atoms with Crippen LogP contribution in [0.5, 0.6) is 17.2 Å². The Bertz CT molecular complexity index is 940. The molecular weight excluding hydrogens is 362 g/mol. The molecule has 0 aromatic heterocycles. The number of nitrogens with zero attached hydrogens (tertiary/aromatic N) is 1. The fourth-order valence-corrected chi connectivity index (χ4v) is 3.85. The van der Waals surface area contributed by atoms with Crippen molar-refractivity contribution >= 4 is 10.8 Å². The lowest BCUT2D eigenvalue weighted by Crippen LogP contribution is -2.39. The minimum atomic E-state index is 0.226. The van der Waals surface area contributed by atoms with E-state index in [0.29, 0.717) is 25.1 Å². The van der Waals surface area contributed by atoms with Crippen molar-refractivity contribution in [2.45, 2.75) is 46.2 Å². The van der Waals surface area contributed by atoms with Gasteiger partial charge in [0.1, 0.15) is 23.9 Å². The van der Waals surface area contributed by atoms with E-state index in [-0.39, 0.29) is 11.5 Å². The molecule has 0 atom stereocenters. The zero-order chi connectivity index (χ0) is 21.0. The molecule has 154 valence electrons. The Morgan fingerprint density at radius 2 is 1.55 bits per heavy atom. The van der Waals surface area contributed by atoms with Crippen LogP contribution in [0.2, 0.25) is 0 Å². The molecule has 3 rings (SSSR count). The first-order valence-electron chi connectivity index (χ1n) is 10.3. The van der Waals surface area contributed by atoms with Gasteiger partial charge >= 0.3 is 0 Å². The van der Waals surface area contributed by atoms with Gasteiger partial charge < -0.3 is 14.9 Å². The Morgan fingerprint density at radius 1 is 0.862 bits per heavy atom. The maximum Gasteiger partial charge on any atom is 0.119 e. The Morgan fingerprint density at radius 3 is 2.21 bits per heavy atom. The van der Waals surface area contributed by atoms with Crippen LogP contribution in [0, 0.1) is 0 Å². The van der Waals surface area contributed by atoms with Crippen molar-refractivity contribution < 1.29 is 14.9 Å². The maximum absolute atomic E-state index is 10.4. The first-order valence-corrected chi connectivity index (χ1v) is 10.3. The number of fused-ring (bicyclic) bond motifs is 1. The Labute approximate surface area is 173 Å². The van der Waals surface area contributed by atoms with Crippen LogP contribution >= 0.6 is 0 Å². The van der Waals surface area contributed by atoms with Crippen LogP contribution in [0.15, 0.2) is 54.6 Å². The van der Waals surface area contributed by atoms with Gasteiger partial charge in [0.15, 0.2) is 0 Å². The van der Waals surface area contributed by atoms with Gasteiger partial charge in [-0.05, 0) is 74.4 Å². The summed E-state index contributed by atoms with van der Waals surface area (Å²) in [7, 11) is 0. The van der Waals surface area contributed by atoms with Crippen molar-refractivity contribution in [3.8, 4) is 17.2 Å². The third-order valence-electron chi connectivity index (χ3n) is 5.34. The lowest BCUT2D eigenvalue weighted by molar-refractivity contribution is 0.142. The van der Waals surface area contributed by atoms with E-state index in [2.05, 4.69) is 32.6 Å². The number of hydrogen-bond acceptors (Lipinski definition) is 4. The average molecular weight is 394 g/mol. The summed E-state index contributed by atoms with van der Waals surface area (Å²) in [6, 6.07) is 17.8. The molecule has 0 saturated heterocycles. The third-order valence-corrected chi connectivity index (χ3v) is 5.34. The van der Waals surface area contributed by atoms with Crippen LogP contribution in [0.3, 0.4) is 0 Å². The Balaban J connectivity index is 1.67. The summed E-state index contributed by atoms with van der Waals surface area (Å²) in [5.41, 5.74) is 1.96. The Hall–Kier alpha value is -2.72. The molecule has 0 heterocycles. The first-order chi connectivity index (χ1) is 13.8. The highest BCUT2D eigenvalue weighted by molar-refractivity contribution is 5.89. The highest BCUT2D eigenvalue weighted by Gasteiger charge is 2.13. The number of phenols is 2. The molecule has 0 bridgehead atoms. The van der Waals surface area contributed by atoms with E-state index < -0.39 is 0 Å². The molecule has 29 heavy (non-hydrogen) atoms. The van der Waals surface area contributed by atoms with E-state index in [9.17, 15) is 10.2 Å². The van der Waals surface area contributed by atoms with Crippen molar-refractivity contribution in [1.82, 2.24) is 4.90 Å². The third kappa shape index (κ3) is 5.21. The summed E-state index contributed by atoms with van der Waals surface area (Å²) in [4.78, 5) is 2.41. The summed E-state index contributed by atoms with van der Waals surface area (Å²) in [5.74, 6) is 1.35. The summed E-state index contributed by atoms with van der Waals surface area (Å²) < 4.78 is 5.93. The molecule has 0 amide bonds. The molecule has 0 radical (unpaired) electrons. The van der Waals surface area contributed by atoms with Crippen LogP contribution in [0.25, 0.3) is 10.8 Å². The monoisotopic (exact) mass is 393 g/mol. The van der Waals surface area contributed by atoms with Crippen molar-refractivity contribution in [2.24, 2.45) is 0 Å². The van der Waals surface area contributed by atoms with Gasteiger partial charge in [0.05, 0.1) is 0 Å². The minimum Gasteiger partial charge on any atom is -0.508 e. The number of ether oxygens (including phenoxy) is 1. The molecule has 4 heteroatoms. The highest BCUT2D eigenvalue weighted by atomic mass is 16.5. The van der Waals surface area contributed by atoms with E-state index in [1.807, 2.05) is 36.4 Å². The first kappa shape index (κ1) is 21.0. The fourth-order valence-electron chi connectivity index (χ4n) is 3.85. The molecule has 0 aliphatic rings. The van der Waals surface area contributed by atoms with Gasteiger partial charge in [0.25, 0.3) is 0 Å². The van der Waals surface area contributed by atoms with Gasteiger partial charge in [0, 0.05) is 30.6 Å². The SMILES string of the molecule is CC(C)N(CCOc1ccc(Cc2c(O)ccc3cc(O)ccc23)cc1)C(C)C. The normalized spacial score (nSPS) is 11.7. The molecular formula is C25H31NO3. The summed E-state index contributed by atoms with van der Waals surface area (Å²) in [6.45, 7) is 10.4. The molecule has 3 aromatic rings. The average Bonchev–Trinajstić information content (AvgIpc) is 2.68. The van der Waals surface area contributed by atoms with E-state index in [4.69, 9.17) is 4.74 Å². The van der Waals surface area contributed by atoms with Crippen molar-refractivity contribution in [1.29, 1.82) is 0 Å². The highest BCUT2D eigenvalue weighted by Crippen LogP contribution is 2.31. The van der Waals surface area contributed by atoms with Gasteiger partial charge in [-0.3, -0.25) is 4.90 Å². The molecule has 0 spiro atoms. The lowest BCUT2D eigenvalue weighted by atomic mass is 9.97. The molecule has 0 aliphatic heterocycles. The summed E-state index contributed by atoms with van der Waals surface area (Å²) in [5, 5.41) is 21.9. The maximum atomic E-state index is 10.4. The van der Waals surface area contributed by atoms with Crippen LogP contribution in [-0.4, -0.2) is 40.3 Å². The predicted octanol–water partition coefficient (Wildman–Crippen LogP) is 5.34. The predicted molar refractivity (Wildman–Crippen MR) is 119 cm³/mol. The fraction of sp³-hybridized carbons (Fsp3) is 0.360. The molecule has 0 aliphatic carbocycles. The Kier molecular flexibility index (Phi) is 6.65. The van der Waals surface area contributed by atoms with Gasteiger partial charge in [-0.2, -0.15) is 0 Å². The summed E-state index contributed by atoms with van der Waals surface area (Å²) >= 11 is 0. The standard InChI is InChI=1S/C25H31NO3/c1-17(2)26(18(3)4)13-14-29-22-9-5-19(6-10-22)15-24-23-11-8-21(27)16-20(23)7-12-25(24)28/h5-12,16-18,27-28H,13-15H2,1-4H3. The topological polar surface area (TPSA) is 52.9 Å². The van der Waals surface area contributed by atoms with Crippen LogP contribution in [0.4, 0.5) is 0 Å². The molecule has 2 N–H and O–H groups in total. The number of rotatable bonds is 8. The number of hydrogen-bond donors (Lipinski definition) is 2. The number of benzene rings is 3. The van der Waals surface area contributed by atoms with Gasteiger partial charge in [-0.25, -0.2) is 0 Å². The largest absolute Gasteiger partial charge is 0.508 e. The zero-order valence-electron chi connectivity index (χ0n) is 17.7. The van der Waals surface area contributed by atoms with Crippen LogP contribution in [0.1, 0.15) is 38.8 Å². The van der Waals surface area contributed by atoms with E-state index >= 15 is 0 Å². The smallest absolute Gasteiger partial charge is 0.119 e. The van der Waals surface area contributed by atoms with Crippen molar-refractivity contribution in [3.63, 3.8) is 0 Å². The lowest BCUT2D eigenvalue weighted by Gasteiger charge is -2.30. The van der Waals surface area contributed by atoms with E-state index in [1.165, 1.54) is 0 Å². The quantitative estimate of drug-likeness (QED) is 0.542.